The fourth-order valence-corrected chi connectivity index (χ4v) is 1.24. The van der Waals surface area contributed by atoms with Crippen LogP contribution in [0, 0.1) is 0 Å². The lowest BCUT2D eigenvalue weighted by Crippen LogP contribution is -1.95. The van der Waals surface area contributed by atoms with Crippen LogP contribution in [0.15, 0.2) is 12.3 Å². The van der Waals surface area contributed by atoms with Crippen LogP contribution < -0.4 is 10.5 Å². The minimum absolute atomic E-state index is 0.422. The van der Waals surface area contributed by atoms with Crippen LogP contribution in [0.2, 0.25) is 0 Å². The number of pyridine rings is 1. The summed E-state index contributed by atoms with van der Waals surface area (Å²) in [6.45, 7) is 0. The van der Waals surface area contributed by atoms with Crippen LogP contribution in [0.25, 0.3) is 11.0 Å². The Labute approximate surface area is 75.1 Å². The molecule has 0 bridgehead atoms. The predicted molar refractivity (Wildman–Crippen MR) is 49.5 cm³/mol. The second kappa shape index (κ2) is 2.62. The maximum Gasteiger partial charge on any atom is 0.239 e. The summed E-state index contributed by atoms with van der Waals surface area (Å²) in [7, 11) is 3.37. The van der Waals surface area contributed by atoms with Crippen molar-refractivity contribution in [2.75, 3.05) is 12.8 Å². The van der Waals surface area contributed by atoms with Gasteiger partial charge in [0.15, 0.2) is 5.65 Å². The highest BCUT2D eigenvalue weighted by atomic mass is 16.5. The number of aryl methyl sites for hydroxylation is 1. The van der Waals surface area contributed by atoms with Crippen LogP contribution in [-0.4, -0.2) is 21.9 Å². The Balaban J connectivity index is 2.72. The van der Waals surface area contributed by atoms with Crippen molar-refractivity contribution in [2.45, 2.75) is 0 Å². The van der Waals surface area contributed by atoms with Crippen molar-refractivity contribution < 1.29 is 4.74 Å². The number of nitrogens with two attached hydrogens (primary N) is 1. The summed E-state index contributed by atoms with van der Waals surface area (Å²) in [4.78, 5) is 4.13. The maximum absolute atomic E-state index is 5.68. The molecule has 0 aliphatic carbocycles. The van der Waals surface area contributed by atoms with Gasteiger partial charge in [0.2, 0.25) is 5.88 Å². The van der Waals surface area contributed by atoms with Crippen LogP contribution in [0.1, 0.15) is 0 Å². The van der Waals surface area contributed by atoms with E-state index in [1.807, 2.05) is 13.2 Å². The molecule has 0 saturated carbocycles. The number of rotatable bonds is 1. The molecule has 5 nitrogen and oxygen atoms in total. The van der Waals surface area contributed by atoms with Crippen molar-refractivity contribution in [2.24, 2.45) is 7.05 Å². The van der Waals surface area contributed by atoms with Crippen molar-refractivity contribution in [3.63, 3.8) is 0 Å². The highest BCUT2D eigenvalue weighted by Gasteiger charge is 2.06. The van der Waals surface area contributed by atoms with E-state index in [9.17, 15) is 0 Å². The third kappa shape index (κ3) is 1.18. The molecular weight excluding hydrogens is 168 g/mol. The monoisotopic (exact) mass is 178 g/mol. The molecule has 0 aliphatic rings. The summed E-state index contributed by atoms with van der Waals surface area (Å²) in [6, 6.07) is 1.80. The first-order valence-corrected chi connectivity index (χ1v) is 3.84. The van der Waals surface area contributed by atoms with E-state index in [1.54, 1.807) is 10.7 Å². The third-order valence-electron chi connectivity index (χ3n) is 1.80. The van der Waals surface area contributed by atoms with Gasteiger partial charge < -0.3 is 10.5 Å². The number of anilines is 1. The summed E-state index contributed by atoms with van der Waals surface area (Å²) in [5, 5.41) is 5.05. The van der Waals surface area contributed by atoms with Crippen molar-refractivity contribution in [1.29, 1.82) is 0 Å². The Bertz CT molecular complexity index is 449. The molecule has 0 spiro atoms. The van der Waals surface area contributed by atoms with E-state index in [2.05, 4.69) is 10.1 Å². The molecule has 0 aromatic carbocycles. The fourth-order valence-electron chi connectivity index (χ4n) is 1.24. The van der Waals surface area contributed by atoms with Gasteiger partial charge in [-0.15, -0.1) is 0 Å². The van der Waals surface area contributed by atoms with Crippen LogP contribution in [0.3, 0.4) is 0 Å². The number of hydrogen-bond acceptors (Lipinski definition) is 4. The van der Waals surface area contributed by atoms with Crippen LogP contribution >= 0.6 is 0 Å². The molecule has 2 heterocycles. The minimum Gasteiger partial charge on any atom is -0.479 e. The van der Waals surface area contributed by atoms with Gasteiger partial charge in [-0.25, -0.2) is 0 Å². The zero-order valence-corrected chi connectivity index (χ0v) is 7.48. The molecule has 0 amide bonds. The van der Waals surface area contributed by atoms with Crippen molar-refractivity contribution >= 4 is 16.7 Å². The summed E-state index contributed by atoms with van der Waals surface area (Å²) < 4.78 is 6.67. The van der Waals surface area contributed by atoms with E-state index in [0.29, 0.717) is 17.2 Å². The highest BCUT2D eigenvalue weighted by Crippen LogP contribution is 2.22. The van der Waals surface area contributed by atoms with E-state index >= 15 is 0 Å². The van der Waals surface area contributed by atoms with Crippen molar-refractivity contribution in [1.82, 2.24) is 14.8 Å². The number of nitrogen functional groups attached to an aromatic ring is 1. The molecule has 68 valence electrons. The smallest absolute Gasteiger partial charge is 0.239 e. The van der Waals surface area contributed by atoms with Crippen molar-refractivity contribution in [3.05, 3.63) is 12.3 Å². The normalized spacial score (nSPS) is 10.6. The van der Waals surface area contributed by atoms with Gasteiger partial charge in [-0.2, -0.15) is 10.1 Å². The molecule has 13 heavy (non-hydrogen) atoms. The molecule has 5 heteroatoms. The number of methoxy groups -OCH3 is 1. The number of hydrogen-bond donors (Lipinski definition) is 1. The number of ether oxygens (including phenoxy) is 1. The molecule has 2 aromatic rings. The Hall–Kier alpha value is -1.78. The summed E-state index contributed by atoms with van der Waals surface area (Å²) in [5.41, 5.74) is 6.86. The van der Waals surface area contributed by atoms with Crippen molar-refractivity contribution in [3.8, 4) is 5.88 Å². The Morgan fingerprint density at radius 2 is 2.31 bits per heavy atom. The maximum atomic E-state index is 5.68. The molecule has 0 saturated heterocycles. The second-order valence-electron chi connectivity index (χ2n) is 2.80. The fraction of sp³-hybridized carbons (Fsp3) is 0.250. The van der Waals surface area contributed by atoms with Gasteiger partial charge >= 0.3 is 0 Å². The first-order valence-electron chi connectivity index (χ1n) is 3.84. The van der Waals surface area contributed by atoms with Gasteiger partial charge in [0, 0.05) is 18.6 Å². The van der Waals surface area contributed by atoms with Gasteiger partial charge in [0.25, 0.3) is 0 Å². The minimum atomic E-state index is 0.422. The van der Waals surface area contributed by atoms with Crippen LogP contribution in [0.5, 0.6) is 5.88 Å². The predicted octanol–water partition coefficient (Wildman–Crippen LogP) is 0.559. The average molecular weight is 178 g/mol. The third-order valence-corrected chi connectivity index (χ3v) is 1.80. The lowest BCUT2D eigenvalue weighted by Gasteiger charge is -2.00. The molecule has 0 aliphatic heterocycles. The van der Waals surface area contributed by atoms with E-state index in [1.165, 1.54) is 7.11 Å². The Kier molecular flexibility index (Phi) is 1.58. The highest BCUT2D eigenvalue weighted by molar-refractivity contribution is 5.79. The first kappa shape index (κ1) is 7.85. The molecule has 2 N–H and O–H groups in total. The average Bonchev–Trinajstić information content (AvgIpc) is 2.42. The topological polar surface area (TPSA) is 66.0 Å². The van der Waals surface area contributed by atoms with Gasteiger partial charge in [-0.05, 0) is 6.07 Å². The quantitative estimate of drug-likeness (QED) is 0.692. The van der Waals surface area contributed by atoms with Gasteiger partial charge in [-0.1, -0.05) is 0 Å². The number of fused-ring (bicyclic) bond motifs is 1. The second-order valence-corrected chi connectivity index (χ2v) is 2.80. The zero-order chi connectivity index (χ0) is 9.42. The molecule has 0 unspecified atom stereocenters. The molecular formula is C8H10N4O. The largest absolute Gasteiger partial charge is 0.479 e. The number of nitrogens with zero attached hydrogens (tertiary/aromatic N) is 3. The Morgan fingerprint density at radius 3 is 3.00 bits per heavy atom. The molecule has 0 atom stereocenters. The molecule has 2 rings (SSSR count). The SMILES string of the molecule is COc1nc2nn(C)cc2cc1N. The summed E-state index contributed by atoms with van der Waals surface area (Å²) in [5.74, 6) is 0.422. The number of aromatic nitrogens is 3. The van der Waals surface area contributed by atoms with Gasteiger partial charge in [0.05, 0.1) is 12.8 Å². The van der Waals surface area contributed by atoms with E-state index in [0.717, 1.165) is 5.39 Å². The molecule has 0 fully saturated rings. The van der Waals surface area contributed by atoms with Gasteiger partial charge in [0.1, 0.15) is 0 Å². The zero-order valence-electron chi connectivity index (χ0n) is 7.48. The lowest BCUT2D eigenvalue weighted by atomic mass is 10.3. The van der Waals surface area contributed by atoms with E-state index < -0.39 is 0 Å². The van der Waals surface area contributed by atoms with E-state index in [-0.39, 0.29) is 0 Å². The summed E-state index contributed by atoms with van der Waals surface area (Å²) in [6.07, 6.45) is 1.86. The molecule has 2 aromatic heterocycles. The van der Waals surface area contributed by atoms with Gasteiger partial charge in [-0.3, -0.25) is 4.68 Å². The van der Waals surface area contributed by atoms with Crippen LogP contribution in [-0.2, 0) is 7.05 Å². The molecule has 0 radical (unpaired) electrons. The summed E-state index contributed by atoms with van der Waals surface area (Å²) >= 11 is 0. The van der Waals surface area contributed by atoms with E-state index in [4.69, 9.17) is 10.5 Å². The van der Waals surface area contributed by atoms with Crippen LogP contribution in [0.4, 0.5) is 5.69 Å². The lowest BCUT2D eigenvalue weighted by molar-refractivity contribution is 0.401. The Morgan fingerprint density at radius 1 is 1.54 bits per heavy atom. The standard InChI is InChI=1S/C8H10N4O/c1-12-4-5-3-6(9)8(13-2)10-7(5)11-12/h3-4H,9H2,1-2H3. The first-order chi connectivity index (χ1) is 6.20.